The number of nitrogens with zero attached hydrogens (tertiary/aromatic N) is 3. The SMILES string of the molecule is COC(=O)c1sc(N2C(=O)c3oc4cc(C)c(C)cc4c(=O)c3C2c2ccc([N+](=O)[O-])cc2)nc1C. The molecule has 1 aliphatic heterocycles. The van der Waals surface area contributed by atoms with Crippen LogP contribution in [0.15, 0.2) is 45.6 Å². The molecule has 2 aromatic heterocycles. The number of carbonyl (C=O) groups excluding carboxylic acids is 2. The highest BCUT2D eigenvalue weighted by molar-refractivity contribution is 7.17. The van der Waals surface area contributed by atoms with Gasteiger partial charge < -0.3 is 9.15 Å². The third-order valence-electron chi connectivity index (χ3n) is 6.27. The van der Waals surface area contributed by atoms with Gasteiger partial charge in [0, 0.05) is 12.1 Å². The smallest absolute Gasteiger partial charge is 0.350 e. The molecule has 1 atom stereocenters. The van der Waals surface area contributed by atoms with Gasteiger partial charge in [-0.15, -0.1) is 0 Å². The molecule has 1 amide bonds. The minimum absolute atomic E-state index is 0.108. The highest BCUT2D eigenvalue weighted by Crippen LogP contribution is 2.43. The summed E-state index contributed by atoms with van der Waals surface area (Å²) in [5.41, 5.74) is 2.49. The van der Waals surface area contributed by atoms with E-state index in [9.17, 15) is 24.5 Å². The topological polar surface area (TPSA) is 133 Å². The molecule has 0 aliphatic carbocycles. The van der Waals surface area contributed by atoms with Crippen LogP contribution >= 0.6 is 11.3 Å². The van der Waals surface area contributed by atoms with E-state index in [1.165, 1.54) is 36.3 Å². The second-order valence-corrected chi connectivity index (χ2v) is 9.41. The molecule has 4 aromatic rings. The Balaban J connectivity index is 1.78. The van der Waals surface area contributed by atoms with Crippen molar-refractivity contribution >= 4 is 45.0 Å². The Kier molecular flexibility index (Phi) is 5.44. The van der Waals surface area contributed by atoms with E-state index in [0.717, 1.165) is 22.5 Å². The van der Waals surface area contributed by atoms with Gasteiger partial charge in [0.1, 0.15) is 10.5 Å². The lowest BCUT2D eigenvalue weighted by molar-refractivity contribution is -0.384. The number of hydrogen-bond donors (Lipinski definition) is 0. The molecule has 3 heterocycles. The van der Waals surface area contributed by atoms with E-state index in [1.54, 1.807) is 19.1 Å². The van der Waals surface area contributed by atoms with Crippen LogP contribution < -0.4 is 10.3 Å². The van der Waals surface area contributed by atoms with E-state index >= 15 is 0 Å². The Hall–Kier alpha value is -4.38. The van der Waals surface area contributed by atoms with Gasteiger partial charge in [0.05, 0.1) is 34.7 Å². The quantitative estimate of drug-likeness (QED) is 0.223. The predicted molar refractivity (Wildman–Crippen MR) is 132 cm³/mol. The van der Waals surface area contributed by atoms with E-state index in [4.69, 9.17) is 9.15 Å². The van der Waals surface area contributed by atoms with E-state index in [-0.39, 0.29) is 38.0 Å². The molecule has 0 N–H and O–H groups in total. The summed E-state index contributed by atoms with van der Waals surface area (Å²) in [7, 11) is 1.25. The van der Waals surface area contributed by atoms with Crippen molar-refractivity contribution in [1.82, 2.24) is 4.98 Å². The summed E-state index contributed by atoms with van der Waals surface area (Å²) in [6.07, 6.45) is 0. The zero-order valence-electron chi connectivity index (χ0n) is 19.6. The van der Waals surface area contributed by atoms with Gasteiger partial charge in [-0.1, -0.05) is 11.3 Å². The number of rotatable bonds is 4. The number of nitro benzene ring substituents is 1. The zero-order valence-corrected chi connectivity index (χ0v) is 20.5. The van der Waals surface area contributed by atoms with Gasteiger partial charge in [0.2, 0.25) is 5.76 Å². The number of hydrogen-bond acceptors (Lipinski definition) is 9. The van der Waals surface area contributed by atoms with Gasteiger partial charge in [-0.25, -0.2) is 9.78 Å². The molecule has 1 unspecified atom stereocenters. The fourth-order valence-corrected chi connectivity index (χ4v) is 5.30. The first-order valence-corrected chi connectivity index (χ1v) is 11.7. The number of thiazole rings is 1. The predicted octanol–water partition coefficient (Wildman–Crippen LogP) is 4.62. The number of anilines is 1. The molecule has 0 radical (unpaired) electrons. The van der Waals surface area contributed by atoms with Crippen molar-refractivity contribution in [3.63, 3.8) is 0 Å². The molecule has 0 saturated heterocycles. The lowest BCUT2D eigenvalue weighted by Gasteiger charge is -2.22. The summed E-state index contributed by atoms with van der Waals surface area (Å²) >= 11 is 0.953. The van der Waals surface area contributed by atoms with Crippen molar-refractivity contribution in [2.45, 2.75) is 26.8 Å². The van der Waals surface area contributed by atoms with Crippen LogP contribution in [0.3, 0.4) is 0 Å². The summed E-state index contributed by atoms with van der Waals surface area (Å²) in [6.45, 7) is 5.37. The summed E-state index contributed by atoms with van der Waals surface area (Å²) in [4.78, 5) is 56.2. The maximum absolute atomic E-state index is 13.8. The Morgan fingerprint density at radius 1 is 1.14 bits per heavy atom. The molecule has 0 spiro atoms. The number of esters is 1. The van der Waals surface area contributed by atoms with Gasteiger partial charge in [0.15, 0.2) is 10.6 Å². The number of methoxy groups -OCH3 is 1. The normalized spacial score (nSPS) is 14.8. The Labute approximate surface area is 207 Å². The third-order valence-corrected chi connectivity index (χ3v) is 7.41. The van der Waals surface area contributed by atoms with E-state index in [1.807, 2.05) is 13.8 Å². The zero-order chi connectivity index (χ0) is 25.9. The van der Waals surface area contributed by atoms with Crippen molar-refractivity contribution in [3.05, 3.63) is 95.3 Å². The average molecular weight is 506 g/mol. The molecule has 1 aliphatic rings. The van der Waals surface area contributed by atoms with Gasteiger partial charge in [-0.05, 0) is 61.7 Å². The number of carbonyl (C=O) groups is 2. The molecule has 10 nitrogen and oxygen atoms in total. The Bertz CT molecular complexity index is 1650. The maximum atomic E-state index is 13.8. The molecular formula is C25H19N3O7S. The number of nitro groups is 1. The number of benzene rings is 2. The lowest BCUT2D eigenvalue weighted by atomic mass is 9.97. The fourth-order valence-electron chi connectivity index (χ4n) is 4.29. The van der Waals surface area contributed by atoms with Crippen LogP contribution in [0, 0.1) is 30.9 Å². The Morgan fingerprint density at radius 2 is 1.81 bits per heavy atom. The summed E-state index contributed by atoms with van der Waals surface area (Å²) in [6, 6.07) is 8.06. The molecule has 5 rings (SSSR count). The fraction of sp³-hybridized carbons (Fsp3) is 0.200. The molecule has 0 fully saturated rings. The van der Waals surface area contributed by atoms with E-state index < -0.39 is 22.8 Å². The molecule has 2 aromatic carbocycles. The van der Waals surface area contributed by atoms with Crippen LogP contribution in [0.5, 0.6) is 0 Å². The molecule has 36 heavy (non-hydrogen) atoms. The number of aryl methyl sites for hydroxylation is 3. The van der Waals surface area contributed by atoms with Gasteiger partial charge >= 0.3 is 5.97 Å². The highest BCUT2D eigenvalue weighted by atomic mass is 32.1. The summed E-state index contributed by atoms with van der Waals surface area (Å²) in [5.74, 6) is -1.33. The second kappa shape index (κ2) is 8.38. The average Bonchev–Trinajstić information content (AvgIpc) is 3.37. The van der Waals surface area contributed by atoms with Gasteiger partial charge in [0.25, 0.3) is 11.6 Å². The maximum Gasteiger partial charge on any atom is 0.350 e. The molecule has 0 bridgehead atoms. The standard InChI is InChI=1S/C25H19N3O7S/c1-11-9-16-17(10-12(11)2)35-21-18(20(16)29)19(14-5-7-15(8-6-14)28(32)33)27(23(21)30)25-26-13(3)22(36-25)24(31)34-4/h5-10,19H,1-4H3. The van der Waals surface area contributed by atoms with Crippen molar-refractivity contribution in [1.29, 1.82) is 0 Å². The highest BCUT2D eigenvalue weighted by Gasteiger charge is 2.45. The van der Waals surface area contributed by atoms with Crippen molar-refractivity contribution in [3.8, 4) is 0 Å². The van der Waals surface area contributed by atoms with Crippen molar-refractivity contribution in [2.24, 2.45) is 0 Å². The van der Waals surface area contributed by atoms with E-state index in [0.29, 0.717) is 16.6 Å². The molecule has 182 valence electrons. The number of non-ortho nitro benzene ring substituents is 1. The number of amides is 1. The molecular weight excluding hydrogens is 486 g/mol. The first-order chi connectivity index (χ1) is 17.1. The van der Waals surface area contributed by atoms with Crippen LogP contribution in [0.1, 0.15) is 54.2 Å². The van der Waals surface area contributed by atoms with Crippen LogP contribution in [-0.2, 0) is 4.74 Å². The molecule has 0 saturated carbocycles. The summed E-state index contributed by atoms with van der Waals surface area (Å²) in [5, 5.41) is 11.7. The van der Waals surface area contributed by atoms with Crippen LogP contribution in [-0.4, -0.2) is 28.9 Å². The largest absolute Gasteiger partial charge is 0.465 e. The Morgan fingerprint density at radius 3 is 2.44 bits per heavy atom. The number of ether oxygens (including phenoxy) is 1. The van der Waals surface area contributed by atoms with Crippen LogP contribution in [0.25, 0.3) is 11.0 Å². The lowest BCUT2D eigenvalue weighted by Crippen LogP contribution is -2.29. The van der Waals surface area contributed by atoms with Crippen LogP contribution in [0.4, 0.5) is 10.8 Å². The second-order valence-electron chi connectivity index (χ2n) is 8.44. The van der Waals surface area contributed by atoms with Gasteiger partial charge in [-0.2, -0.15) is 0 Å². The van der Waals surface area contributed by atoms with E-state index in [2.05, 4.69) is 4.98 Å². The van der Waals surface area contributed by atoms with Gasteiger partial charge in [-0.3, -0.25) is 24.6 Å². The van der Waals surface area contributed by atoms with Crippen molar-refractivity contribution < 1.29 is 23.7 Å². The number of fused-ring (bicyclic) bond motifs is 2. The summed E-state index contributed by atoms with van der Waals surface area (Å²) < 4.78 is 10.8. The van der Waals surface area contributed by atoms with Crippen LogP contribution in [0.2, 0.25) is 0 Å². The first-order valence-electron chi connectivity index (χ1n) is 10.8. The minimum atomic E-state index is -0.966. The molecule has 11 heteroatoms. The van der Waals surface area contributed by atoms with Crippen molar-refractivity contribution in [2.75, 3.05) is 12.0 Å². The third kappa shape index (κ3) is 3.47. The first kappa shape index (κ1) is 23.4. The minimum Gasteiger partial charge on any atom is -0.465 e. The number of aromatic nitrogens is 1. The monoisotopic (exact) mass is 505 g/mol.